The lowest BCUT2D eigenvalue weighted by atomic mass is 9.45. The van der Waals surface area contributed by atoms with E-state index in [-0.39, 0.29) is 22.2 Å². The van der Waals surface area contributed by atoms with Crippen LogP contribution < -0.4 is 0 Å². The minimum atomic E-state index is -0.317. The van der Waals surface area contributed by atoms with Crippen molar-refractivity contribution in [3.05, 3.63) is 24.3 Å². The van der Waals surface area contributed by atoms with E-state index in [1.807, 2.05) is 0 Å². The normalized spacial score (nSPS) is 46.2. The van der Waals surface area contributed by atoms with Gasteiger partial charge in [0.2, 0.25) is 0 Å². The summed E-state index contributed by atoms with van der Waals surface area (Å²) in [6.45, 7) is 11.0. The number of ether oxygens (including phenoxy) is 1. The van der Waals surface area contributed by atoms with Crippen molar-refractivity contribution in [1.29, 1.82) is 0 Å². The third-order valence-corrected chi connectivity index (χ3v) is 7.59. The molecule has 2 nitrogen and oxygen atoms in total. The molecule has 0 aromatic heterocycles. The first-order valence-corrected chi connectivity index (χ1v) is 9.20. The van der Waals surface area contributed by atoms with E-state index in [1.54, 1.807) is 12.7 Å². The van der Waals surface area contributed by atoms with Gasteiger partial charge < -0.3 is 4.74 Å². The standard InChI is InChI=1S/C21H32O2/c1-6-19(2)13-10-16-15(14-19)8-9-17-20(16,3)11-7-12-21(17,4)18(22)23-5/h6,8,16-17H,1,7,9-14H2,2-5H3/t16-,17+,19-,20+,21-/m1/s1. The highest BCUT2D eigenvalue weighted by Crippen LogP contribution is 2.63. The van der Waals surface area contributed by atoms with Crippen molar-refractivity contribution in [3.63, 3.8) is 0 Å². The van der Waals surface area contributed by atoms with Gasteiger partial charge in [-0.15, -0.1) is 6.58 Å². The van der Waals surface area contributed by atoms with Crippen LogP contribution in [0, 0.1) is 28.1 Å². The SMILES string of the molecule is C=C[C@]1(C)CC[C@@H]2C(=CC[C@H]3[C@@]2(C)CCC[C@@]3(C)C(=O)OC)C1. The first-order valence-electron chi connectivity index (χ1n) is 9.20. The maximum atomic E-state index is 12.5. The zero-order chi connectivity index (χ0) is 16.9. The summed E-state index contributed by atoms with van der Waals surface area (Å²) in [5, 5.41) is 0. The Morgan fingerprint density at radius 3 is 2.70 bits per heavy atom. The van der Waals surface area contributed by atoms with Gasteiger partial charge in [0, 0.05) is 0 Å². The number of hydrogen-bond acceptors (Lipinski definition) is 2. The first kappa shape index (κ1) is 16.8. The van der Waals surface area contributed by atoms with E-state index in [4.69, 9.17) is 4.74 Å². The van der Waals surface area contributed by atoms with Crippen LogP contribution in [-0.4, -0.2) is 13.1 Å². The second-order valence-corrected chi connectivity index (χ2v) is 8.96. The highest BCUT2D eigenvalue weighted by molar-refractivity contribution is 5.77. The Hall–Kier alpha value is -1.05. The highest BCUT2D eigenvalue weighted by atomic mass is 16.5. The predicted molar refractivity (Wildman–Crippen MR) is 93.9 cm³/mol. The number of esters is 1. The number of carbonyl (C=O) groups excluding carboxylic acids is 1. The van der Waals surface area contributed by atoms with Crippen LogP contribution in [0.15, 0.2) is 24.3 Å². The van der Waals surface area contributed by atoms with Gasteiger partial charge in [0.05, 0.1) is 12.5 Å². The molecule has 0 aliphatic heterocycles. The average Bonchev–Trinajstić information content (AvgIpc) is 2.53. The molecule has 2 saturated carbocycles. The molecule has 0 saturated heterocycles. The zero-order valence-corrected chi connectivity index (χ0v) is 15.3. The van der Waals surface area contributed by atoms with Gasteiger partial charge in [-0.2, -0.15) is 0 Å². The van der Waals surface area contributed by atoms with Gasteiger partial charge in [-0.05, 0) is 68.1 Å². The van der Waals surface area contributed by atoms with E-state index in [9.17, 15) is 4.79 Å². The van der Waals surface area contributed by atoms with E-state index in [0.29, 0.717) is 11.8 Å². The van der Waals surface area contributed by atoms with Crippen molar-refractivity contribution >= 4 is 5.97 Å². The maximum absolute atomic E-state index is 12.5. The van der Waals surface area contributed by atoms with Crippen LogP contribution in [0.3, 0.4) is 0 Å². The third-order valence-electron chi connectivity index (χ3n) is 7.59. The second-order valence-electron chi connectivity index (χ2n) is 8.96. The summed E-state index contributed by atoms with van der Waals surface area (Å²) in [5.74, 6) is 1.05. The van der Waals surface area contributed by atoms with Crippen molar-refractivity contribution in [3.8, 4) is 0 Å². The Labute approximate surface area is 141 Å². The van der Waals surface area contributed by atoms with Crippen LogP contribution in [0.2, 0.25) is 0 Å². The molecule has 0 N–H and O–H groups in total. The molecular formula is C21H32O2. The molecular weight excluding hydrogens is 284 g/mol. The van der Waals surface area contributed by atoms with Crippen molar-refractivity contribution in [1.82, 2.24) is 0 Å². The van der Waals surface area contributed by atoms with Gasteiger partial charge in [-0.3, -0.25) is 4.79 Å². The fourth-order valence-electron chi connectivity index (χ4n) is 6.09. The molecule has 0 aromatic rings. The molecule has 3 aliphatic rings. The van der Waals surface area contributed by atoms with Gasteiger partial charge in [-0.25, -0.2) is 0 Å². The Morgan fingerprint density at radius 1 is 1.30 bits per heavy atom. The lowest BCUT2D eigenvalue weighted by molar-refractivity contribution is -0.166. The van der Waals surface area contributed by atoms with Gasteiger partial charge in [-0.1, -0.05) is 38.0 Å². The monoisotopic (exact) mass is 316 g/mol. The van der Waals surface area contributed by atoms with Crippen LogP contribution in [0.25, 0.3) is 0 Å². The summed E-state index contributed by atoms with van der Waals surface area (Å²) in [6.07, 6.45) is 12.6. The van der Waals surface area contributed by atoms with Crippen molar-refractivity contribution < 1.29 is 9.53 Å². The summed E-state index contributed by atoms with van der Waals surface area (Å²) in [7, 11) is 1.54. The lowest BCUT2D eigenvalue weighted by Crippen LogP contribution is -2.54. The number of hydrogen-bond donors (Lipinski definition) is 0. The lowest BCUT2D eigenvalue weighted by Gasteiger charge is -2.58. The minimum Gasteiger partial charge on any atom is -0.469 e. The van der Waals surface area contributed by atoms with Crippen LogP contribution in [0.5, 0.6) is 0 Å². The molecule has 0 aromatic carbocycles. The Balaban J connectivity index is 1.97. The Kier molecular flexibility index (Phi) is 4.01. The van der Waals surface area contributed by atoms with E-state index in [2.05, 4.69) is 39.5 Å². The van der Waals surface area contributed by atoms with Crippen molar-refractivity contribution in [2.45, 2.75) is 65.7 Å². The average molecular weight is 316 g/mol. The summed E-state index contributed by atoms with van der Waals surface area (Å²) >= 11 is 0. The van der Waals surface area contributed by atoms with Crippen LogP contribution in [0.4, 0.5) is 0 Å². The Bertz CT molecular complexity index is 548. The molecule has 0 bridgehead atoms. The number of fused-ring (bicyclic) bond motifs is 3. The molecule has 0 spiro atoms. The largest absolute Gasteiger partial charge is 0.469 e. The second kappa shape index (κ2) is 5.50. The van der Waals surface area contributed by atoms with Gasteiger partial charge in [0.1, 0.15) is 0 Å². The van der Waals surface area contributed by atoms with E-state index >= 15 is 0 Å². The quantitative estimate of drug-likeness (QED) is 0.511. The fraction of sp³-hybridized carbons (Fsp3) is 0.762. The molecule has 0 heterocycles. The number of methoxy groups -OCH3 is 1. The zero-order valence-electron chi connectivity index (χ0n) is 15.3. The van der Waals surface area contributed by atoms with Crippen LogP contribution >= 0.6 is 0 Å². The highest BCUT2D eigenvalue weighted by Gasteiger charge is 2.58. The summed E-state index contributed by atoms with van der Waals surface area (Å²) in [4.78, 5) is 12.5. The summed E-state index contributed by atoms with van der Waals surface area (Å²) in [6, 6.07) is 0. The molecule has 3 rings (SSSR count). The summed E-state index contributed by atoms with van der Waals surface area (Å²) < 4.78 is 5.20. The number of rotatable bonds is 2. The minimum absolute atomic E-state index is 0.00276. The van der Waals surface area contributed by atoms with Gasteiger partial charge in [0.15, 0.2) is 0 Å². The molecule has 128 valence electrons. The fourth-order valence-corrected chi connectivity index (χ4v) is 6.09. The van der Waals surface area contributed by atoms with Crippen LogP contribution in [-0.2, 0) is 9.53 Å². The molecule has 2 fully saturated rings. The molecule has 23 heavy (non-hydrogen) atoms. The molecule has 0 radical (unpaired) electrons. The van der Waals surface area contributed by atoms with Crippen molar-refractivity contribution in [2.24, 2.45) is 28.1 Å². The first-order chi connectivity index (χ1) is 10.8. The maximum Gasteiger partial charge on any atom is 0.311 e. The summed E-state index contributed by atoms with van der Waals surface area (Å²) in [5.41, 5.74) is 1.81. The molecule has 2 heteroatoms. The number of allylic oxidation sites excluding steroid dienone is 3. The number of carbonyl (C=O) groups is 1. The van der Waals surface area contributed by atoms with E-state index < -0.39 is 0 Å². The third kappa shape index (κ3) is 2.40. The van der Waals surface area contributed by atoms with Crippen LogP contribution in [0.1, 0.15) is 65.7 Å². The molecule has 0 unspecified atom stereocenters. The molecule has 0 amide bonds. The predicted octanol–water partition coefficient (Wildman–Crippen LogP) is 5.29. The smallest absolute Gasteiger partial charge is 0.311 e. The van der Waals surface area contributed by atoms with E-state index in [1.165, 1.54) is 19.3 Å². The van der Waals surface area contributed by atoms with E-state index in [0.717, 1.165) is 25.7 Å². The molecule has 3 aliphatic carbocycles. The topological polar surface area (TPSA) is 26.3 Å². The van der Waals surface area contributed by atoms with Gasteiger partial charge >= 0.3 is 5.97 Å². The van der Waals surface area contributed by atoms with Crippen molar-refractivity contribution in [2.75, 3.05) is 7.11 Å². The van der Waals surface area contributed by atoms with Gasteiger partial charge in [0.25, 0.3) is 0 Å². The Morgan fingerprint density at radius 2 is 2.04 bits per heavy atom. The molecule has 5 atom stereocenters.